The molecule has 1 aromatic carbocycles. The number of benzene rings is 1. The van der Waals surface area contributed by atoms with Crippen LogP contribution in [0, 0.1) is 13.8 Å². The van der Waals surface area contributed by atoms with Crippen molar-refractivity contribution in [2.24, 2.45) is 7.05 Å². The van der Waals surface area contributed by atoms with Gasteiger partial charge in [0.2, 0.25) is 0 Å². The van der Waals surface area contributed by atoms with Gasteiger partial charge in [-0.15, -0.1) is 0 Å². The average molecular weight is 339 g/mol. The SMILES string of the molecule is Cc1noc(C)c1CNC(=O)NC(c1ccccc1)c1nccn1C. The summed E-state index contributed by atoms with van der Waals surface area (Å²) < 4.78 is 7.01. The predicted octanol–water partition coefficient (Wildman–Crippen LogP) is 2.61. The minimum Gasteiger partial charge on any atom is -0.361 e. The summed E-state index contributed by atoms with van der Waals surface area (Å²) in [6.07, 6.45) is 3.57. The molecule has 130 valence electrons. The van der Waals surface area contributed by atoms with Crippen molar-refractivity contribution in [3.63, 3.8) is 0 Å². The molecule has 2 N–H and O–H groups in total. The summed E-state index contributed by atoms with van der Waals surface area (Å²) in [6, 6.07) is 9.13. The summed E-state index contributed by atoms with van der Waals surface area (Å²) in [5, 5.41) is 9.75. The van der Waals surface area contributed by atoms with E-state index >= 15 is 0 Å². The minimum atomic E-state index is -0.342. The molecule has 0 aliphatic heterocycles. The van der Waals surface area contributed by atoms with E-state index in [1.807, 2.05) is 62.0 Å². The van der Waals surface area contributed by atoms with Crippen LogP contribution in [0.2, 0.25) is 0 Å². The van der Waals surface area contributed by atoms with Crippen molar-refractivity contribution in [1.29, 1.82) is 0 Å². The van der Waals surface area contributed by atoms with Crippen LogP contribution in [-0.2, 0) is 13.6 Å². The number of nitrogens with one attached hydrogen (secondary N) is 2. The second-order valence-corrected chi connectivity index (χ2v) is 5.87. The zero-order valence-corrected chi connectivity index (χ0v) is 14.5. The number of carbonyl (C=O) groups excluding carboxylic acids is 1. The Balaban J connectivity index is 1.74. The lowest BCUT2D eigenvalue weighted by molar-refractivity contribution is 0.237. The molecule has 2 aromatic heterocycles. The van der Waals surface area contributed by atoms with E-state index < -0.39 is 0 Å². The third-order valence-corrected chi connectivity index (χ3v) is 4.13. The van der Waals surface area contributed by atoms with Gasteiger partial charge in [0.05, 0.1) is 5.69 Å². The highest BCUT2D eigenvalue weighted by molar-refractivity contribution is 5.75. The molecule has 0 bridgehead atoms. The van der Waals surface area contributed by atoms with Crippen LogP contribution in [0.25, 0.3) is 0 Å². The van der Waals surface area contributed by atoms with Gasteiger partial charge in [0.1, 0.15) is 17.6 Å². The van der Waals surface area contributed by atoms with Crippen LogP contribution in [0.1, 0.15) is 34.4 Å². The summed E-state index contributed by atoms with van der Waals surface area (Å²) in [5.74, 6) is 1.47. The van der Waals surface area contributed by atoms with Gasteiger partial charge in [0.25, 0.3) is 0 Å². The average Bonchev–Trinajstić information content (AvgIpc) is 3.17. The number of urea groups is 1. The highest BCUT2D eigenvalue weighted by Crippen LogP contribution is 2.20. The largest absolute Gasteiger partial charge is 0.361 e. The van der Waals surface area contributed by atoms with Gasteiger partial charge in [-0.3, -0.25) is 0 Å². The third kappa shape index (κ3) is 3.71. The number of hydrogen-bond donors (Lipinski definition) is 2. The molecular weight excluding hydrogens is 318 g/mol. The van der Waals surface area contributed by atoms with Crippen LogP contribution < -0.4 is 10.6 Å². The fraction of sp³-hybridized carbons (Fsp3) is 0.278. The molecule has 1 atom stereocenters. The van der Waals surface area contributed by atoms with Crippen molar-refractivity contribution in [3.05, 3.63) is 71.1 Å². The van der Waals surface area contributed by atoms with Gasteiger partial charge in [-0.1, -0.05) is 35.5 Å². The highest BCUT2D eigenvalue weighted by Gasteiger charge is 2.20. The van der Waals surface area contributed by atoms with Crippen molar-refractivity contribution in [2.45, 2.75) is 26.4 Å². The first-order valence-corrected chi connectivity index (χ1v) is 8.04. The molecule has 0 aliphatic rings. The number of rotatable bonds is 5. The van der Waals surface area contributed by atoms with Crippen LogP contribution >= 0.6 is 0 Å². The van der Waals surface area contributed by atoms with E-state index in [9.17, 15) is 4.79 Å². The topological polar surface area (TPSA) is 85.0 Å². The van der Waals surface area contributed by atoms with Gasteiger partial charge in [0.15, 0.2) is 0 Å². The zero-order valence-electron chi connectivity index (χ0n) is 14.5. The number of nitrogens with zero attached hydrogens (tertiary/aromatic N) is 3. The van der Waals surface area contributed by atoms with E-state index in [0.29, 0.717) is 12.3 Å². The Bertz CT molecular complexity index is 834. The van der Waals surface area contributed by atoms with Gasteiger partial charge >= 0.3 is 6.03 Å². The Morgan fingerprint density at radius 2 is 2.04 bits per heavy atom. The number of amides is 2. The molecule has 0 saturated heterocycles. The zero-order chi connectivity index (χ0) is 17.8. The quantitative estimate of drug-likeness (QED) is 0.748. The summed E-state index contributed by atoms with van der Waals surface area (Å²) in [4.78, 5) is 16.8. The second kappa shape index (κ2) is 7.21. The van der Waals surface area contributed by atoms with E-state index in [2.05, 4.69) is 20.8 Å². The number of aryl methyl sites for hydroxylation is 3. The van der Waals surface area contributed by atoms with E-state index in [4.69, 9.17) is 4.52 Å². The van der Waals surface area contributed by atoms with E-state index in [-0.39, 0.29) is 12.1 Å². The van der Waals surface area contributed by atoms with E-state index in [1.165, 1.54) is 0 Å². The molecule has 1 unspecified atom stereocenters. The smallest absolute Gasteiger partial charge is 0.315 e. The molecule has 7 nitrogen and oxygen atoms in total. The molecule has 0 saturated carbocycles. The molecule has 0 fully saturated rings. The number of aromatic nitrogens is 3. The molecule has 2 amide bonds. The van der Waals surface area contributed by atoms with Crippen LogP contribution in [0.4, 0.5) is 4.79 Å². The number of carbonyl (C=O) groups is 1. The Labute approximate surface area is 146 Å². The lowest BCUT2D eigenvalue weighted by atomic mass is 10.1. The predicted molar refractivity (Wildman–Crippen MR) is 92.8 cm³/mol. The molecule has 0 radical (unpaired) electrons. The molecule has 0 spiro atoms. The first-order valence-electron chi connectivity index (χ1n) is 8.04. The van der Waals surface area contributed by atoms with Gasteiger partial charge in [-0.05, 0) is 19.4 Å². The first-order chi connectivity index (χ1) is 12.1. The molecule has 3 aromatic rings. The summed E-state index contributed by atoms with van der Waals surface area (Å²) in [6.45, 7) is 4.04. The minimum absolute atomic E-state index is 0.281. The van der Waals surface area contributed by atoms with Crippen molar-refractivity contribution in [1.82, 2.24) is 25.3 Å². The molecule has 3 rings (SSSR count). The number of imidazole rings is 1. The lowest BCUT2D eigenvalue weighted by Gasteiger charge is -2.19. The van der Waals surface area contributed by atoms with Crippen LogP contribution in [0.5, 0.6) is 0 Å². The highest BCUT2D eigenvalue weighted by atomic mass is 16.5. The van der Waals surface area contributed by atoms with Gasteiger partial charge in [-0.25, -0.2) is 9.78 Å². The van der Waals surface area contributed by atoms with E-state index in [1.54, 1.807) is 6.20 Å². The van der Waals surface area contributed by atoms with Crippen molar-refractivity contribution in [3.8, 4) is 0 Å². The van der Waals surface area contributed by atoms with Gasteiger partial charge < -0.3 is 19.7 Å². The van der Waals surface area contributed by atoms with Crippen molar-refractivity contribution in [2.75, 3.05) is 0 Å². The maximum Gasteiger partial charge on any atom is 0.315 e. The maximum atomic E-state index is 12.4. The van der Waals surface area contributed by atoms with E-state index in [0.717, 1.165) is 22.6 Å². The summed E-state index contributed by atoms with van der Waals surface area (Å²) in [7, 11) is 1.90. The summed E-state index contributed by atoms with van der Waals surface area (Å²) >= 11 is 0. The lowest BCUT2D eigenvalue weighted by Crippen LogP contribution is -2.39. The monoisotopic (exact) mass is 339 g/mol. The Morgan fingerprint density at radius 1 is 1.28 bits per heavy atom. The molecular formula is C18H21N5O2. The fourth-order valence-electron chi connectivity index (χ4n) is 2.70. The number of hydrogen-bond acceptors (Lipinski definition) is 4. The molecule has 2 heterocycles. The van der Waals surface area contributed by atoms with Crippen LogP contribution in [-0.4, -0.2) is 20.7 Å². The standard InChI is InChI=1S/C18H21N5O2/c1-12-15(13(2)25-22-12)11-20-18(24)21-16(14-7-5-4-6-8-14)17-19-9-10-23(17)3/h4-10,16H,11H2,1-3H3,(H2,20,21,24). The Kier molecular flexibility index (Phi) is 4.83. The van der Waals surface area contributed by atoms with Gasteiger partial charge in [0, 0.05) is 31.5 Å². The van der Waals surface area contributed by atoms with Crippen LogP contribution in [0.3, 0.4) is 0 Å². The normalized spacial score (nSPS) is 12.0. The molecule has 0 aliphatic carbocycles. The second-order valence-electron chi connectivity index (χ2n) is 5.87. The van der Waals surface area contributed by atoms with Crippen LogP contribution in [0.15, 0.2) is 47.2 Å². The van der Waals surface area contributed by atoms with Crippen molar-refractivity contribution < 1.29 is 9.32 Å². The first kappa shape index (κ1) is 16.8. The molecule has 25 heavy (non-hydrogen) atoms. The van der Waals surface area contributed by atoms with Gasteiger partial charge in [-0.2, -0.15) is 0 Å². The van der Waals surface area contributed by atoms with Crippen molar-refractivity contribution >= 4 is 6.03 Å². The Morgan fingerprint density at radius 3 is 2.64 bits per heavy atom. The fourth-order valence-corrected chi connectivity index (χ4v) is 2.70. The summed E-state index contributed by atoms with van der Waals surface area (Å²) in [5.41, 5.74) is 2.63. The molecule has 7 heteroatoms. The Hall–Kier alpha value is -3.09. The maximum absolute atomic E-state index is 12.4. The third-order valence-electron chi connectivity index (χ3n) is 4.13.